The Morgan fingerprint density at radius 2 is 2.39 bits per heavy atom. The number of aldehydes is 1. The lowest BCUT2D eigenvalue weighted by molar-refractivity contribution is 0.0384. The second kappa shape index (κ2) is 5.80. The van der Waals surface area contributed by atoms with Crippen molar-refractivity contribution in [2.45, 2.75) is 39.2 Å². The van der Waals surface area contributed by atoms with Crippen LogP contribution in [0.3, 0.4) is 0 Å². The largest absolute Gasteiger partial charge is 0.375 e. The number of carbonyl (C=O) groups is 1. The summed E-state index contributed by atoms with van der Waals surface area (Å²) in [5, 5.41) is 0.961. The van der Waals surface area contributed by atoms with Crippen molar-refractivity contribution >= 4 is 22.8 Å². The Balaban J connectivity index is 2.20. The number of rotatable bonds is 4. The number of ether oxygens (including phenoxy) is 1. The zero-order valence-corrected chi connectivity index (χ0v) is 12.0. The van der Waals surface area contributed by atoms with Crippen LogP contribution in [0, 0.1) is 0 Å². The third-order valence-electron chi connectivity index (χ3n) is 3.19. The van der Waals surface area contributed by atoms with Gasteiger partial charge in [0.25, 0.3) is 0 Å². The number of hydrogen-bond acceptors (Lipinski definition) is 5. The molecule has 0 aliphatic carbocycles. The Morgan fingerprint density at radius 3 is 2.94 bits per heavy atom. The fourth-order valence-electron chi connectivity index (χ4n) is 2.10. The number of aromatic nitrogens is 1. The van der Waals surface area contributed by atoms with E-state index in [1.165, 1.54) is 11.3 Å². The minimum atomic E-state index is 0.282. The predicted octanol–water partition coefficient (Wildman–Crippen LogP) is 2.69. The molecule has 0 spiro atoms. The van der Waals surface area contributed by atoms with Crippen molar-refractivity contribution < 1.29 is 9.53 Å². The maximum absolute atomic E-state index is 11.1. The normalized spacial score (nSPS) is 20.4. The number of morpholine rings is 1. The van der Waals surface area contributed by atoms with Gasteiger partial charge in [-0.1, -0.05) is 32.1 Å². The molecule has 1 aromatic heterocycles. The topological polar surface area (TPSA) is 42.4 Å². The molecule has 2 heterocycles. The van der Waals surface area contributed by atoms with Crippen LogP contribution in [-0.2, 0) is 4.74 Å². The fourth-order valence-corrected chi connectivity index (χ4v) is 3.17. The molecule has 0 saturated carbocycles. The van der Waals surface area contributed by atoms with Crippen molar-refractivity contribution in [3.63, 3.8) is 0 Å². The van der Waals surface area contributed by atoms with E-state index in [0.717, 1.165) is 48.1 Å². The summed E-state index contributed by atoms with van der Waals surface area (Å²) < 4.78 is 5.66. The summed E-state index contributed by atoms with van der Waals surface area (Å²) in [7, 11) is 0. The van der Waals surface area contributed by atoms with Gasteiger partial charge in [0.1, 0.15) is 0 Å². The summed E-state index contributed by atoms with van der Waals surface area (Å²) in [6.07, 6.45) is 2.22. The highest BCUT2D eigenvalue weighted by molar-refractivity contribution is 7.17. The molecule has 4 nitrogen and oxygen atoms in total. The average molecular weight is 268 g/mol. The van der Waals surface area contributed by atoms with Crippen molar-refractivity contribution in [2.24, 2.45) is 0 Å². The highest BCUT2D eigenvalue weighted by Gasteiger charge is 2.23. The van der Waals surface area contributed by atoms with Gasteiger partial charge in [-0.15, -0.1) is 0 Å². The molecule has 1 fully saturated rings. The summed E-state index contributed by atoms with van der Waals surface area (Å²) in [6, 6.07) is 0. The summed E-state index contributed by atoms with van der Waals surface area (Å²) in [5.41, 5.74) is 0.921. The van der Waals surface area contributed by atoms with Crippen LogP contribution in [0.25, 0.3) is 0 Å². The molecule has 1 aromatic rings. The minimum Gasteiger partial charge on any atom is -0.375 e. The maximum atomic E-state index is 11.1. The lowest BCUT2D eigenvalue weighted by atomic mass is 10.1. The first kappa shape index (κ1) is 13.5. The summed E-state index contributed by atoms with van der Waals surface area (Å²) in [6.45, 7) is 8.75. The van der Waals surface area contributed by atoms with Crippen LogP contribution in [0.15, 0.2) is 0 Å². The van der Waals surface area contributed by atoms with Crippen LogP contribution < -0.4 is 4.90 Å². The van der Waals surface area contributed by atoms with Gasteiger partial charge in [0, 0.05) is 13.1 Å². The van der Waals surface area contributed by atoms with Gasteiger partial charge >= 0.3 is 0 Å². The fraction of sp³-hybridized carbons (Fsp3) is 0.692. The van der Waals surface area contributed by atoms with Crippen LogP contribution in [0.4, 0.5) is 5.13 Å². The van der Waals surface area contributed by atoms with Crippen LogP contribution in [0.5, 0.6) is 0 Å². The van der Waals surface area contributed by atoms with E-state index >= 15 is 0 Å². The zero-order chi connectivity index (χ0) is 13.1. The van der Waals surface area contributed by atoms with Crippen molar-refractivity contribution in [1.82, 2.24) is 4.98 Å². The van der Waals surface area contributed by atoms with Crippen molar-refractivity contribution in [3.8, 4) is 0 Å². The molecule has 100 valence electrons. The van der Waals surface area contributed by atoms with Gasteiger partial charge in [-0.25, -0.2) is 4.98 Å². The smallest absolute Gasteiger partial charge is 0.186 e. The van der Waals surface area contributed by atoms with E-state index < -0.39 is 0 Å². The summed E-state index contributed by atoms with van der Waals surface area (Å²) in [5.74, 6) is 0.290. The van der Waals surface area contributed by atoms with Crippen LogP contribution in [-0.4, -0.2) is 37.1 Å². The van der Waals surface area contributed by atoms with Gasteiger partial charge in [-0.05, 0) is 12.3 Å². The SMILES string of the molecule is CCC1CN(c2nc(C(C)C)c(C=O)s2)CCO1. The van der Waals surface area contributed by atoms with Gasteiger partial charge < -0.3 is 9.64 Å². The van der Waals surface area contributed by atoms with Gasteiger partial charge in [-0.2, -0.15) is 0 Å². The Morgan fingerprint density at radius 1 is 1.61 bits per heavy atom. The van der Waals surface area contributed by atoms with Gasteiger partial charge in [0.05, 0.1) is 23.3 Å². The Kier molecular flexibility index (Phi) is 4.35. The van der Waals surface area contributed by atoms with Gasteiger partial charge in [0.2, 0.25) is 0 Å². The number of carbonyl (C=O) groups excluding carboxylic acids is 1. The van der Waals surface area contributed by atoms with Gasteiger partial charge in [-0.3, -0.25) is 4.79 Å². The molecular formula is C13H20N2O2S. The molecule has 5 heteroatoms. The van der Waals surface area contributed by atoms with E-state index in [0.29, 0.717) is 5.92 Å². The molecule has 1 aliphatic heterocycles. The third-order valence-corrected chi connectivity index (χ3v) is 4.25. The second-order valence-corrected chi connectivity index (χ2v) is 5.87. The van der Waals surface area contributed by atoms with E-state index in [1.807, 2.05) is 0 Å². The number of nitrogens with zero attached hydrogens (tertiary/aromatic N) is 2. The molecule has 1 saturated heterocycles. The van der Waals surface area contributed by atoms with E-state index in [2.05, 4.69) is 30.7 Å². The average Bonchev–Trinajstić information content (AvgIpc) is 2.83. The predicted molar refractivity (Wildman–Crippen MR) is 73.8 cm³/mol. The first-order chi connectivity index (χ1) is 8.65. The molecule has 0 bridgehead atoms. The quantitative estimate of drug-likeness (QED) is 0.787. The van der Waals surface area contributed by atoms with E-state index in [4.69, 9.17) is 4.74 Å². The molecule has 0 amide bonds. The molecule has 2 rings (SSSR count). The summed E-state index contributed by atoms with van der Waals surface area (Å²) in [4.78, 5) is 18.7. The first-order valence-corrected chi connectivity index (χ1v) is 7.29. The lowest BCUT2D eigenvalue weighted by Gasteiger charge is -2.32. The molecule has 0 N–H and O–H groups in total. The third kappa shape index (κ3) is 2.72. The van der Waals surface area contributed by atoms with Crippen LogP contribution in [0.1, 0.15) is 48.5 Å². The Labute approximate surface area is 112 Å². The van der Waals surface area contributed by atoms with Gasteiger partial charge in [0.15, 0.2) is 11.4 Å². The first-order valence-electron chi connectivity index (χ1n) is 6.48. The number of thiazole rings is 1. The molecule has 0 radical (unpaired) electrons. The maximum Gasteiger partial charge on any atom is 0.186 e. The molecule has 1 atom stereocenters. The van der Waals surface area contributed by atoms with E-state index in [9.17, 15) is 4.79 Å². The highest BCUT2D eigenvalue weighted by Crippen LogP contribution is 2.30. The molecule has 18 heavy (non-hydrogen) atoms. The highest BCUT2D eigenvalue weighted by atomic mass is 32.1. The van der Waals surface area contributed by atoms with Crippen molar-refractivity contribution in [2.75, 3.05) is 24.6 Å². The van der Waals surface area contributed by atoms with Crippen LogP contribution >= 0.6 is 11.3 Å². The molecular weight excluding hydrogens is 248 g/mol. The monoisotopic (exact) mass is 268 g/mol. The molecule has 1 aliphatic rings. The Bertz CT molecular complexity index is 417. The number of anilines is 1. The standard InChI is InChI=1S/C13H20N2O2S/c1-4-10-7-15(5-6-17-10)13-14-12(9(2)3)11(8-16)18-13/h8-10H,4-7H2,1-3H3. The lowest BCUT2D eigenvalue weighted by Crippen LogP contribution is -2.42. The zero-order valence-electron chi connectivity index (χ0n) is 11.2. The van der Waals surface area contributed by atoms with E-state index in [1.54, 1.807) is 0 Å². The minimum absolute atomic E-state index is 0.282. The number of hydrogen-bond donors (Lipinski definition) is 0. The second-order valence-electron chi connectivity index (χ2n) is 4.87. The van der Waals surface area contributed by atoms with Crippen molar-refractivity contribution in [1.29, 1.82) is 0 Å². The van der Waals surface area contributed by atoms with Crippen molar-refractivity contribution in [3.05, 3.63) is 10.6 Å². The van der Waals surface area contributed by atoms with Crippen LogP contribution in [0.2, 0.25) is 0 Å². The Hall–Kier alpha value is -0.940. The molecule has 0 aromatic carbocycles. The molecule has 1 unspecified atom stereocenters. The summed E-state index contributed by atoms with van der Waals surface area (Å²) >= 11 is 1.50. The van der Waals surface area contributed by atoms with E-state index in [-0.39, 0.29) is 6.10 Å².